The number of amides is 2. The zero-order valence-corrected chi connectivity index (χ0v) is 16.5. The standard InChI is InChI=1S/C23H21ClN2O2/c1-15-12-13-18(14-21(15)26-22(27)17-8-4-3-5-9-17)23(28)25-16(2)19-10-6-7-11-20(19)24/h3-14,16H,1-2H3,(H,25,28)(H,26,27). The number of anilines is 1. The van der Waals surface area contributed by atoms with E-state index in [2.05, 4.69) is 10.6 Å². The summed E-state index contributed by atoms with van der Waals surface area (Å²) in [6.45, 7) is 3.76. The van der Waals surface area contributed by atoms with E-state index in [4.69, 9.17) is 11.6 Å². The number of hydrogen-bond donors (Lipinski definition) is 2. The number of carbonyl (C=O) groups is 2. The van der Waals surface area contributed by atoms with E-state index in [0.29, 0.717) is 21.8 Å². The molecule has 4 nitrogen and oxygen atoms in total. The Bertz CT molecular complexity index is 1000. The Morgan fingerprint density at radius 3 is 2.25 bits per heavy atom. The lowest BCUT2D eigenvalue weighted by molar-refractivity contribution is 0.0938. The molecule has 0 aliphatic carbocycles. The monoisotopic (exact) mass is 392 g/mol. The van der Waals surface area contributed by atoms with Crippen LogP contribution in [0.5, 0.6) is 0 Å². The summed E-state index contributed by atoms with van der Waals surface area (Å²) >= 11 is 6.21. The molecule has 142 valence electrons. The highest BCUT2D eigenvalue weighted by Crippen LogP contribution is 2.23. The highest BCUT2D eigenvalue weighted by atomic mass is 35.5. The lowest BCUT2D eigenvalue weighted by atomic mass is 10.1. The van der Waals surface area contributed by atoms with Crippen LogP contribution in [0.2, 0.25) is 5.02 Å². The topological polar surface area (TPSA) is 58.2 Å². The van der Waals surface area contributed by atoms with Gasteiger partial charge in [-0.25, -0.2) is 0 Å². The number of carbonyl (C=O) groups excluding carboxylic acids is 2. The van der Waals surface area contributed by atoms with Gasteiger partial charge in [-0.05, 0) is 55.3 Å². The number of benzene rings is 3. The first-order valence-electron chi connectivity index (χ1n) is 8.98. The van der Waals surface area contributed by atoms with Gasteiger partial charge in [-0.15, -0.1) is 0 Å². The Kier molecular flexibility index (Phi) is 6.12. The lowest BCUT2D eigenvalue weighted by Gasteiger charge is -2.16. The molecular weight excluding hydrogens is 372 g/mol. The molecule has 2 amide bonds. The number of aryl methyl sites for hydroxylation is 1. The van der Waals surface area contributed by atoms with Crippen molar-refractivity contribution >= 4 is 29.1 Å². The van der Waals surface area contributed by atoms with Crippen molar-refractivity contribution in [3.05, 3.63) is 100 Å². The molecule has 0 saturated heterocycles. The third-order valence-corrected chi connectivity index (χ3v) is 4.85. The molecule has 1 atom stereocenters. The molecule has 1 unspecified atom stereocenters. The molecule has 0 radical (unpaired) electrons. The molecular formula is C23H21ClN2O2. The summed E-state index contributed by atoms with van der Waals surface area (Å²) in [6.07, 6.45) is 0. The van der Waals surface area contributed by atoms with Crippen molar-refractivity contribution in [1.29, 1.82) is 0 Å². The summed E-state index contributed by atoms with van der Waals surface area (Å²) in [4.78, 5) is 25.1. The zero-order valence-electron chi connectivity index (χ0n) is 15.7. The van der Waals surface area contributed by atoms with Gasteiger partial charge in [-0.2, -0.15) is 0 Å². The third-order valence-electron chi connectivity index (χ3n) is 4.50. The van der Waals surface area contributed by atoms with Crippen LogP contribution in [0.3, 0.4) is 0 Å². The minimum Gasteiger partial charge on any atom is -0.345 e. The summed E-state index contributed by atoms with van der Waals surface area (Å²) in [5, 5.41) is 6.43. The second-order valence-corrected chi connectivity index (χ2v) is 6.97. The maximum Gasteiger partial charge on any atom is 0.255 e. The highest BCUT2D eigenvalue weighted by molar-refractivity contribution is 6.31. The summed E-state index contributed by atoms with van der Waals surface area (Å²) < 4.78 is 0. The fourth-order valence-corrected chi connectivity index (χ4v) is 3.17. The molecule has 0 aliphatic rings. The minimum atomic E-state index is -0.245. The molecule has 28 heavy (non-hydrogen) atoms. The molecule has 3 rings (SSSR count). The predicted octanol–water partition coefficient (Wildman–Crippen LogP) is 5.39. The van der Waals surface area contributed by atoms with Gasteiger partial charge in [-0.1, -0.05) is 54.1 Å². The molecule has 5 heteroatoms. The van der Waals surface area contributed by atoms with E-state index in [-0.39, 0.29) is 17.9 Å². The van der Waals surface area contributed by atoms with Gasteiger partial charge >= 0.3 is 0 Å². The average molecular weight is 393 g/mol. The van der Waals surface area contributed by atoms with Gasteiger partial charge < -0.3 is 10.6 Å². The fourth-order valence-electron chi connectivity index (χ4n) is 2.87. The SMILES string of the molecule is Cc1ccc(C(=O)NC(C)c2ccccc2Cl)cc1NC(=O)c1ccccc1. The van der Waals surface area contributed by atoms with Crippen LogP contribution < -0.4 is 10.6 Å². The zero-order chi connectivity index (χ0) is 20.1. The molecule has 0 spiro atoms. The fraction of sp³-hybridized carbons (Fsp3) is 0.130. The van der Waals surface area contributed by atoms with Gasteiger partial charge in [0, 0.05) is 21.8 Å². The van der Waals surface area contributed by atoms with Crippen LogP contribution >= 0.6 is 11.6 Å². The summed E-state index contributed by atoms with van der Waals surface area (Å²) in [5.74, 6) is -0.451. The van der Waals surface area contributed by atoms with Crippen molar-refractivity contribution in [3.8, 4) is 0 Å². The average Bonchev–Trinajstić information content (AvgIpc) is 2.70. The Balaban J connectivity index is 1.76. The first kappa shape index (κ1) is 19.6. The first-order chi connectivity index (χ1) is 13.5. The number of hydrogen-bond acceptors (Lipinski definition) is 2. The molecule has 3 aromatic carbocycles. The Labute approximate surface area is 169 Å². The highest BCUT2D eigenvalue weighted by Gasteiger charge is 2.15. The van der Waals surface area contributed by atoms with Crippen LogP contribution in [0.1, 0.15) is 44.8 Å². The van der Waals surface area contributed by atoms with E-state index in [1.165, 1.54) is 0 Å². The van der Waals surface area contributed by atoms with E-state index < -0.39 is 0 Å². The Morgan fingerprint density at radius 2 is 1.54 bits per heavy atom. The van der Waals surface area contributed by atoms with E-state index in [0.717, 1.165) is 11.1 Å². The molecule has 3 aromatic rings. The third kappa shape index (κ3) is 4.59. The summed E-state index contributed by atoms with van der Waals surface area (Å²) in [6, 6.07) is 21.4. The molecule has 0 fully saturated rings. The van der Waals surface area contributed by atoms with Crippen LogP contribution in [-0.4, -0.2) is 11.8 Å². The van der Waals surface area contributed by atoms with Gasteiger partial charge in [0.2, 0.25) is 0 Å². The van der Waals surface area contributed by atoms with E-state index in [9.17, 15) is 9.59 Å². The van der Waals surface area contributed by atoms with Crippen molar-refractivity contribution in [2.45, 2.75) is 19.9 Å². The second-order valence-electron chi connectivity index (χ2n) is 6.57. The predicted molar refractivity (Wildman–Crippen MR) is 113 cm³/mol. The van der Waals surface area contributed by atoms with Crippen molar-refractivity contribution in [2.75, 3.05) is 5.32 Å². The molecule has 2 N–H and O–H groups in total. The normalized spacial score (nSPS) is 11.5. The molecule has 0 saturated carbocycles. The minimum absolute atomic E-state index is 0.217. The van der Waals surface area contributed by atoms with Gasteiger partial charge in [0.15, 0.2) is 0 Å². The largest absolute Gasteiger partial charge is 0.345 e. The smallest absolute Gasteiger partial charge is 0.255 e. The molecule has 0 aromatic heterocycles. The number of halogens is 1. The number of rotatable bonds is 5. The number of nitrogens with one attached hydrogen (secondary N) is 2. The van der Waals surface area contributed by atoms with Crippen molar-refractivity contribution in [3.63, 3.8) is 0 Å². The first-order valence-corrected chi connectivity index (χ1v) is 9.36. The van der Waals surface area contributed by atoms with Crippen LogP contribution in [-0.2, 0) is 0 Å². The van der Waals surface area contributed by atoms with Crippen LogP contribution in [0, 0.1) is 6.92 Å². The Morgan fingerprint density at radius 1 is 0.857 bits per heavy atom. The van der Waals surface area contributed by atoms with Crippen molar-refractivity contribution in [2.24, 2.45) is 0 Å². The van der Waals surface area contributed by atoms with Crippen LogP contribution in [0.15, 0.2) is 72.8 Å². The van der Waals surface area contributed by atoms with Crippen LogP contribution in [0.4, 0.5) is 5.69 Å². The molecule has 0 aliphatic heterocycles. The lowest BCUT2D eigenvalue weighted by Crippen LogP contribution is -2.27. The van der Waals surface area contributed by atoms with E-state index >= 15 is 0 Å². The van der Waals surface area contributed by atoms with Crippen LogP contribution in [0.25, 0.3) is 0 Å². The van der Waals surface area contributed by atoms with Gasteiger partial charge in [0.05, 0.1) is 6.04 Å². The van der Waals surface area contributed by atoms with Gasteiger partial charge in [-0.3, -0.25) is 9.59 Å². The van der Waals surface area contributed by atoms with E-state index in [1.807, 2.05) is 56.3 Å². The van der Waals surface area contributed by atoms with Crippen molar-refractivity contribution in [1.82, 2.24) is 5.32 Å². The summed E-state index contributed by atoms with van der Waals surface area (Å²) in [7, 11) is 0. The van der Waals surface area contributed by atoms with Gasteiger partial charge in [0.25, 0.3) is 11.8 Å². The van der Waals surface area contributed by atoms with Crippen molar-refractivity contribution < 1.29 is 9.59 Å². The maximum absolute atomic E-state index is 12.7. The maximum atomic E-state index is 12.7. The van der Waals surface area contributed by atoms with E-state index in [1.54, 1.807) is 30.3 Å². The van der Waals surface area contributed by atoms with Gasteiger partial charge in [0.1, 0.15) is 0 Å². The summed E-state index contributed by atoms with van der Waals surface area (Å²) in [5.41, 5.74) is 3.35. The second kappa shape index (κ2) is 8.72. The quantitative estimate of drug-likeness (QED) is 0.611. The molecule has 0 bridgehead atoms. The molecule has 0 heterocycles. The Hall–Kier alpha value is -3.11.